The zero-order chi connectivity index (χ0) is 28.7. The van der Waals surface area contributed by atoms with Crippen molar-refractivity contribution in [2.24, 2.45) is 5.73 Å². The van der Waals surface area contributed by atoms with Crippen LogP contribution in [0.4, 0.5) is 4.79 Å². The highest BCUT2D eigenvalue weighted by Crippen LogP contribution is 2.25. The van der Waals surface area contributed by atoms with Crippen molar-refractivity contribution in [3.8, 4) is 0 Å². The third kappa shape index (κ3) is 12.4. The quantitative estimate of drug-likeness (QED) is 0.269. The van der Waals surface area contributed by atoms with Crippen molar-refractivity contribution in [1.29, 1.82) is 0 Å². The summed E-state index contributed by atoms with van der Waals surface area (Å²) in [6.45, 7) is 12.1. The molecule has 0 radical (unpaired) electrons. The Kier molecular flexibility index (Phi) is 14.5. The molecule has 9 heteroatoms. The number of amides is 4. The second-order valence-electron chi connectivity index (χ2n) is 10.8. The zero-order valence-electron chi connectivity index (χ0n) is 24.1. The van der Waals surface area contributed by atoms with E-state index in [1.165, 1.54) is 4.90 Å². The van der Waals surface area contributed by atoms with Gasteiger partial charge in [0.2, 0.25) is 17.7 Å². The maximum Gasteiger partial charge on any atom is 0.408 e. The maximum atomic E-state index is 14.1. The second kappa shape index (κ2) is 16.7. The van der Waals surface area contributed by atoms with E-state index in [0.29, 0.717) is 25.1 Å². The Balaban J connectivity index is 3.45. The number of benzene rings is 1. The molecule has 1 rings (SSSR count). The van der Waals surface area contributed by atoms with Gasteiger partial charge < -0.3 is 26.0 Å². The second-order valence-corrected chi connectivity index (χ2v) is 10.8. The van der Waals surface area contributed by atoms with Crippen molar-refractivity contribution in [1.82, 2.24) is 15.5 Å². The highest BCUT2D eigenvalue weighted by molar-refractivity contribution is 5.92. The lowest BCUT2D eigenvalue weighted by Crippen LogP contribution is -2.53. The number of rotatable bonds is 16. The minimum atomic E-state index is -1.08. The Hall–Kier alpha value is -3.10. The van der Waals surface area contributed by atoms with Crippen LogP contribution in [0.2, 0.25) is 0 Å². The van der Waals surface area contributed by atoms with Crippen LogP contribution in [0, 0.1) is 6.92 Å². The van der Waals surface area contributed by atoms with Crippen LogP contribution < -0.4 is 16.4 Å². The van der Waals surface area contributed by atoms with E-state index in [9.17, 15) is 19.2 Å². The number of aryl methyl sites for hydroxylation is 1. The number of alkyl carbamates (subject to hydrolysis) is 1. The van der Waals surface area contributed by atoms with Gasteiger partial charge in [-0.05, 0) is 52.5 Å². The average molecular weight is 533 g/mol. The van der Waals surface area contributed by atoms with Crippen molar-refractivity contribution >= 4 is 23.8 Å². The summed E-state index contributed by atoms with van der Waals surface area (Å²) in [7, 11) is 0. The monoisotopic (exact) mass is 532 g/mol. The van der Waals surface area contributed by atoms with Gasteiger partial charge in [0, 0.05) is 19.5 Å². The molecule has 9 nitrogen and oxygen atoms in total. The molecular formula is C29H48N4O5. The van der Waals surface area contributed by atoms with Crippen LogP contribution in [0.15, 0.2) is 24.3 Å². The van der Waals surface area contributed by atoms with E-state index < -0.39 is 35.6 Å². The van der Waals surface area contributed by atoms with Gasteiger partial charge in [-0.3, -0.25) is 14.4 Å². The molecule has 0 fully saturated rings. The standard InChI is InChI=1S/C29H48N4O5/c1-7-9-11-12-19-33(25(26(35)31-18-10-8-2)22-15-13-14-21(3)20-22)27(36)23(16-17-24(30)34)32-28(37)38-29(4,5)6/h13-15,20,23,25H,7-12,16-19H2,1-6H3,(H2,30,34)(H,31,35)(H,32,37). The van der Waals surface area contributed by atoms with Crippen molar-refractivity contribution in [3.05, 3.63) is 35.4 Å². The molecule has 0 aromatic heterocycles. The molecule has 0 saturated heterocycles. The van der Waals surface area contributed by atoms with Crippen LogP contribution >= 0.6 is 0 Å². The minimum Gasteiger partial charge on any atom is -0.444 e. The van der Waals surface area contributed by atoms with Crippen molar-refractivity contribution in [3.63, 3.8) is 0 Å². The summed E-state index contributed by atoms with van der Waals surface area (Å²) in [5, 5.41) is 5.61. The molecular weight excluding hydrogens is 484 g/mol. The number of primary amides is 1. The predicted octanol–water partition coefficient (Wildman–Crippen LogP) is 4.52. The van der Waals surface area contributed by atoms with Crippen LogP contribution in [-0.4, -0.2) is 53.4 Å². The third-order valence-electron chi connectivity index (χ3n) is 5.95. The molecule has 0 aliphatic rings. The summed E-state index contributed by atoms with van der Waals surface area (Å²) in [4.78, 5) is 53.4. The van der Waals surface area contributed by atoms with Gasteiger partial charge in [0.05, 0.1) is 0 Å². The Labute approximate surface area is 228 Å². The molecule has 0 aliphatic carbocycles. The van der Waals surface area contributed by atoms with Gasteiger partial charge >= 0.3 is 6.09 Å². The molecule has 1 aromatic carbocycles. The van der Waals surface area contributed by atoms with Crippen LogP contribution in [0.1, 0.15) is 103 Å². The molecule has 0 bridgehead atoms. The summed E-state index contributed by atoms with van der Waals surface area (Å²) in [5.74, 6) is -1.32. The first kappa shape index (κ1) is 32.9. The van der Waals surface area contributed by atoms with Crippen LogP contribution in [0.25, 0.3) is 0 Å². The van der Waals surface area contributed by atoms with E-state index in [2.05, 4.69) is 17.6 Å². The van der Waals surface area contributed by atoms with E-state index in [1.54, 1.807) is 20.8 Å². The van der Waals surface area contributed by atoms with E-state index in [-0.39, 0.29) is 18.7 Å². The van der Waals surface area contributed by atoms with E-state index in [1.807, 2.05) is 38.1 Å². The molecule has 2 unspecified atom stereocenters. The number of nitrogens with two attached hydrogens (primary N) is 1. The summed E-state index contributed by atoms with van der Waals surface area (Å²) in [6, 6.07) is 5.55. The molecule has 1 aromatic rings. The molecule has 0 aliphatic heterocycles. The van der Waals surface area contributed by atoms with Crippen molar-refractivity contribution in [2.75, 3.05) is 13.1 Å². The van der Waals surface area contributed by atoms with Gasteiger partial charge in [0.25, 0.3) is 0 Å². The molecule has 0 heterocycles. The highest BCUT2D eigenvalue weighted by atomic mass is 16.6. The van der Waals surface area contributed by atoms with Crippen LogP contribution in [0.3, 0.4) is 0 Å². The summed E-state index contributed by atoms with van der Waals surface area (Å²) in [6.07, 6.45) is 4.47. The number of carbonyl (C=O) groups excluding carboxylic acids is 4. The fourth-order valence-corrected chi connectivity index (χ4v) is 4.07. The third-order valence-corrected chi connectivity index (χ3v) is 5.95. The molecule has 0 saturated carbocycles. The van der Waals surface area contributed by atoms with Crippen molar-refractivity contribution in [2.45, 2.75) is 111 Å². The van der Waals surface area contributed by atoms with Gasteiger partial charge in [-0.15, -0.1) is 0 Å². The van der Waals surface area contributed by atoms with E-state index in [0.717, 1.165) is 37.7 Å². The number of hydrogen-bond donors (Lipinski definition) is 3. The normalized spacial score (nSPS) is 12.8. The lowest BCUT2D eigenvalue weighted by atomic mass is 9.99. The number of carbonyl (C=O) groups is 4. The number of nitrogens with zero attached hydrogens (tertiary/aromatic N) is 1. The Morgan fingerprint density at radius 3 is 2.29 bits per heavy atom. The summed E-state index contributed by atoms with van der Waals surface area (Å²) >= 11 is 0. The fraction of sp³-hybridized carbons (Fsp3) is 0.655. The number of hydrogen-bond acceptors (Lipinski definition) is 5. The number of unbranched alkanes of at least 4 members (excludes halogenated alkanes) is 4. The fourth-order valence-electron chi connectivity index (χ4n) is 4.07. The lowest BCUT2D eigenvalue weighted by molar-refractivity contribution is -0.142. The average Bonchev–Trinajstić information content (AvgIpc) is 2.82. The van der Waals surface area contributed by atoms with Gasteiger partial charge in [-0.1, -0.05) is 69.4 Å². The Morgan fingerprint density at radius 2 is 1.71 bits per heavy atom. The first-order chi connectivity index (χ1) is 17.9. The van der Waals surface area contributed by atoms with Crippen LogP contribution in [-0.2, 0) is 19.1 Å². The lowest BCUT2D eigenvalue weighted by Gasteiger charge is -2.34. The number of ether oxygens (including phenoxy) is 1. The molecule has 38 heavy (non-hydrogen) atoms. The molecule has 0 spiro atoms. The van der Waals surface area contributed by atoms with Gasteiger partial charge in [0.1, 0.15) is 17.7 Å². The predicted molar refractivity (Wildman–Crippen MR) is 149 cm³/mol. The molecule has 4 amide bonds. The zero-order valence-corrected chi connectivity index (χ0v) is 24.1. The smallest absolute Gasteiger partial charge is 0.408 e. The largest absolute Gasteiger partial charge is 0.444 e. The molecule has 2 atom stereocenters. The van der Waals surface area contributed by atoms with Gasteiger partial charge in [-0.2, -0.15) is 0 Å². The Bertz CT molecular complexity index is 912. The van der Waals surface area contributed by atoms with E-state index >= 15 is 0 Å². The van der Waals surface area contributed by atoms with Gasteiger partial charge in [-0.25, -0.2) is 4.79 Å². The Morgan fingerprint density at radius 1 is 1.03 bits per heavy atom. The first-order valence-corrected chi connectivity index (χ1v) is 13.8. The van der Waals surface area contributed by atoms with Crippen molar-refractivity contribution < 1.29 is 23.9 Å². The highest BCUT2D eigenvalue weighted by Gasteiger charge is 2.36. The maximum absolute atomic E-state index is 14.1. The minimum absolute atomic E-state index is 0.00311. The summed E-state index contributed by atoms with van der Waals surface area (Å²) in [5.41, 5.74) is 6.25. The molecule has 4 N–H and O–H groups in total. The first-order valence-electron chi connectivity index (χ1n) is 13.8. The topological polar surface area (TPSA) is 131 Å². The molecule has 214 valence electrons. The van der Waals surface area contributed by atoms with Crippen LogP contribution in [0.5, 0.6) is 0 Å². The number of nitrogens with one attached hydrogen (secondary N) is 2. The van der Waals surface area contributed by atoms with Gasteiger partial charge in [0.15, 0.2) is 0 Å². The summed E-state index contributed by atoms with van der Waals surface area (Å²) < 4.78 is 5.38. The SMILES string of the molecule is CCCCCCN(C(=O)C(CCC(N)=O)NC(=O)OC(C)(C)C)C(C(=O)NCCCC)c1cccc(C)c1. The van der Waals surface area contributed by atoms with E-state index in [4.69, 9.17) is 10.5 Å².